The summed E-state index contributed by atoms with van der Waals surface area (Å²) in [6.45, 7) is 4.84. The number of rotatable bonds is 1. The smallest absolute Gasteiger partial charge is 0.336 e. The SMILES string of the molecule is C=C(C)[B]F. The van der Waals surface area contributed by atoms with Crippen LogP contribution < -0.4 is 0 Å². The minimum Gasteiger partial charge on any atom is -0.336 e. The fraction of sp³-hybridized carbons (Fsp3) is 0.333. The van der Waals surface area contributed by atoms with Crippen molar-refractivity contribution in [2.45, 2.75) is 6.92 Å². The highest BCUT2D eigenvalue weighted by molar-refractivity contribution is 6.36. The predicted molar refractivity (Wildman–Crippen MR) is 21.7 cm³/mol. The first-order valence-electron chi connectivity index (χ1n) is 1.36. The molecule has 0 unspecified atom stereocenters. The van der Waals surface area contributed by atoms with Crippen molar-refractivity contribution >= 4 is 7.56 Å². The number of hydrogen-bond acceptors (Lipinski definition) is 0. The quantitative estimate of drug-likeness (QED) is 0.406. The Bertz CT molecular complexity index is 42.2. The van der Waals surface area contributed by atoms with Gasteiger partial charge in [-0.15, -0.1) is 6.58 Å². The molecule has 0 amide bonds. The lowest BCUT2D eigenvalue weighted by Crippen LogP contribution is -1.74. The Morgan fingerprint density at radius 3 is 2.20 bits per heavy atom. The van der Waals surface area contributed by atoms with Crippen molar-refractivity contribution in [3.8, 4) is 0 Å². The molecule has 0 saturated heterocycles. The van der Waals surface area contributed by atoms with E-state index in [1.807, 2.05) is 0 Å². The summed E-state index contributed by atoms with van der Waals surface area (Å²) in [4.78, 5) is 0. The van der Waals surface area contributed by atoms with Crippen LogP contribution in [-0.4, -0.2) is 7.56 Å². The third-order valence-corrected chi connectivity index (χ3v) is 0.186. The Morgan fingerprint density at radius 1 is 2.00 bits per heavy atom. The van der Waals surface area contributed by atoms with E-state index in [1.165, 1.54) is 0 Å². The van der Waals surface area contributed by atoms with Gasteiger partial charge in [0, 0.05) is 0 Å². The molecule has 0 aromatic rings. The summed E-state index contributed by atoms with van der Waals surface area (Å²) < 4.78 is 10.9. The van der Waals surface area contributed by atoms with Crippen molar-refractivity contribution in [3.63, 3.8) is 0 Å². The van der Waals surface area contributed by atoms with E-state index in [-0.39, 0.29) is 0 Å². The second-order valence-corrected chi connectivity index (χ2v) is 0.955. The van der Waals surface area contributed by atoms with Crippen LogP contribution in [0.25, 0.3) is 0 Å². The summed E-state index contributed by atoms with van der Waals surface area (Å²) in [6, 6.07) is 0. The molecule has 2 heteroatoms. The van der Waals surface area contributed by atoms with E-state index in [0.29, 0.717) is 13.0 Å². The fourth-order valence-corrected chi connectivity index (χ4v) is 0. The fourth-order valence-electron chi connectivity index (χ4n) is 0. The second kappa shape index (κ2) is 2.00. The molecule has 0 nitrogen and oxygen atoms in total. The van der Waals surface area contributed by atoms with E-state index in [1.54, 1.807) is 6.92 Å². The molecular formula is C3H5BF. The van der Waals surface area contributed by atoms with Crippen molar-refractivity contribution in [1.29, 1.82) is 0 Å². The molecular weight excluding hydrogens is 65.8 g/mol. The Kier molecular flexibility index (Phi) is 1.90. The van der Waals surface area contributed by atoms with Gasteiger partial charge in [0.2, 0.25) is 0 Å². The molecule has 0 atom stereocenters. The van der Waals surface area contributed by atoms with Crippen LogP contribution >= 0.6 is 0 Å². The normalized spacial score (nSPS) is 6.80. The summed E-state index contributed by atoms with van der Waals surface area (Å²) in [5.74, 6) is 0. The summed E-state index contributed by atoms with van der Waals surface area (Å²) >= 11 is 0. The maximum atomic E-state index is 10.9. The molecule has 0 aliphatic carbocycles. The van der Waals surface area contributed by atoms with Crippen LogP contribution in [-0.2, 0) is 0 Å². The van der Waals surface area contributed by atoms with Gasteiger partial charge < -0.3 is 4.32 Å². The highest BCUT2D eigenvalue weighted by Crippen LogP contribution is 1.78. The molecule has 27 valence electrons. The summed E-state index contributed by atoms with van der Waals surface area (Å²) in [5, 5.41) is 0. The van der Waals surface area contributed by atoms with Crippen LogP contribution in [0.1, 0.15) is 6.92 Å². The molecule has 0 aliphatic rings. The maximum absolute atomic E-state index is 10.9. The van der Waals surface area contributed by atoms with Gasteiger partial charge in [-0.1, -0.05) is 12.4 Å². The lowest BCUT2D eigenvalue weighted by molar-refractivity contribution is 0.877. The predicted octanol–water partition coefficient (Wildman–Crippen LogP) is 1.11. The summed E-state index contributed by atoms with van der Waals surface area (Å²) in [5.41, 5.74) is 0.463. The van der Waals surface area contributed by atoms with Crippen LogP contribution in [0.5, 0.6) is 0 Å². The minimum atomic E-state index is 0.463. The van der Waals surface area contributed by atoms with Crippen LogP contribution in [0.3, 0.4) is 0 Å². The van der Waals surface area contributed by atoms with Gasteiger partial charge in [0.25, 0.3) is 0 Å². The lowest BCUT2D eigenvalue weighted by atomic mass is 9.95. The van der Waals surface area contributed by atoms with Gasteiger partial charge in [0.1, 0.15) is 0 Å². The molecule has 0 aromatic heterocycles. The Balaban J connectivity index is 2.85. The Hall–Kier alpha value is -0.265. The number of halogens is 1. The van der Waals surface area contributed by atoms with Gasteiger partial charge in [-0.25, -0.2) is 0 Å². The second-order valence-electron chi connectivity index (χ2n) is 0.955. The van der Waals surface area contributed by atoms with Gasteiger partial charge in [0.15, 0.2) is 0 Å². The molecule has 0 fully saturated rings. The summed E-state index contributed by atoms with van der Waals surface area (Å²) in [6.07, 6.45) is 0. The zero-order valence-corrected chi connectivity index (χ0v) is 3.16. The highest BCUT2D eigenvalue weighted by atomic mass is 19.1. The molecule has 1 radical (unpaired) electrons. The van der Waals surface area contributed by atoms with Crippen molar-refractivity contribution in [1.82, 2.24) is 0 Å². The third-order valence-electron chi connectivity index (χ3n) is 0.186. The zero-order valence-electron chi connectivity index (χ0n) is 3.16. The molecule has 0 aliphatic heterocycles. The molecule has 0 rings (SSSR count). The first-order chi connectivity index (χ1) is 2.27. The maximum Gasteiger partial charge on any atom is 0.386 e. The van der Waals surface area contributed by atoms with Crippen molar-refractivity contribution in [3.05, 3.63) is 12.1 Å². The number of hydrogen-bond donors (Lipinski definition) is 0. The first kappa shape index (κ1) is 4.73. The molecule has 5 heavy (non-hydrogen) atoms. The summed E-state index contributed by atoms with van der Waals surface area (Å²) in [7, 11) is 0.472. The third kappa shape index (κ3) is 3.73. The molecule has 0 spiro atoms. The van der Waals surface area contributed by atoms with Gasteiger partial charge in [-0.3, -0.25) is 0 Å². The van der Waals surface area contributed by atoms with E-state index in [2.05, 4.69) is 6.58 Å². The largest absolute Gasteiger partial charge is 0.386 e. The minimum absolute atomic E-state index is 0.463. The molecule has 0 saturated carbocycles. The van der Waals surface area contributed by atoms with Crippen LogP contribution in [0, 0.1) is 0 Å². The Morgan fingerprint density at radius 2 is 2.20 bits per heavy atom. The number of allylic oxidation sites excluding steroid dienone is 1. The zero-order chi connectivity index (χ0) is 4.28. The average Bonchev–Trinajstić information content (AvgIpc) is 1.38. The lowest BCUT2D eigenvalue weighted by Gasteiger charge is -1.72. The van der Waals surface area contributed by atoms with Crippen molar-refractivity contribution < 1.29 is 4.32 Å². The van der Waals surface area contributed by atoms with Crippen LogP contribution in [0.15, 0.2) is 12.1 Å². The van der Waals surface area contributed by atoms with Crippen LogP contribution in [0.2, 0.25) is 0 Å². The van der Waals surface area contributed by atoms with Gasteiger partial charge in [0.05, 0.1) is 0 Å². The van der Waals surface area contributed by atoms with Gasteiger partial charge >= 0.3 is 7.56 Å². The average molecular weight is 70.9 g/mol. The van der Waals surface area contributed by atoms with E-state index < -0.39 is 0 Å². The topological polar surface area (TPSA) is 0 Å². The highest BCUT2D eigenvalue weighted by Gasteiger charge is 1.79. The van der Waals surface area contributed by atoms with Gasteiger partial charge in [-0.2, -0.15) is 0 Å². The van der Waals surface area contributed by atoms with Gasteiger partial charge in [-0.05, 0) is 0 Å². The van der Waals surface area contributed by atoms with E-state index >= 15 is 0 Å². The molecule has 0 N–H and O–H groups in total. The standard InChI is InChI=1S/C3H5BF/c1-3(2)4-5/h1H2,2H3. The van der Waals surface area contributed by atoms with Crippen molar-refractivity contribution in [2.75, 3.05) is 0 Å². The van der Waals surface area contributed by atoms with Crippen LogP contribution in [0.4, 0.5) is 4.32 Å². The van der Waals surface area contributed by atoms with E-state index in [0.717, 1.165) is 0 Å². The first-order valence-corrected chi connectivity index (χ1v) is 1.36. The Labute approximate surface area is 32.0 Å². The van der Waals surface area contributed by atoms with E-state index in [4.69, 9.17) is 0 Å². The molecule has 0 aromatic carbocycles. The monoisotopic (exact) mass is 71.0 g/mol. The van der Waals surface area contributed by atoms with Crippen molar-refractivity contribution in [2.24, 2.45) is 0 Å². The molecule has 0 bridgehead atoms. The van der Waals surface area contributed by atoms with E-state index in [9.17, 15) is 4.32 Å². The molecule has 0 heterocycles.